The Labute approximate surface area is 164 Å². The summed E-state index contributed by atoms with van der Waals surface area (Å²) in [5.74, 6) is 1.01. The lowest BCUT2D eigenvalue weighted by molar-refractivity contribution is -0.132. The molecule has 28 heavy (non-hydrogen) atoms. The van der Waals surface area contributed by atoms with Gasteiger partial charge < -0.3 is 9.80 Å². The molecule has 8 nitrogen and oxygen atoms in total. The van der Waals surface area contributed by atoms with Gasteiger partial charge in [0.15, 0.2) is 0 Å². The average Bonchev–Trinajstić information content (AvgIpc) is 2.98. The molecule has 0 unspecified atom stereocenters. The van der Waals surface area contributed by atoms with Crippen LogP contribution in [0.25, 0.3) is 0 Å². The molecule has 0 spiro atoms. The summed E-state index contributed by atoms with van der Waals surface area (Å²) in [7, 11) is -3.61. The van der Waals surface area contributed by atoms with Crippen molar-refractivity contribution in [3.8, 4) is 0 Å². The first-order valence-electron chi connectivity index (χ1n) is 9.10. The number of benzene rings is 1. The number of sulfonamides is 1. The molecule has 1 N–H and O–H groups in total. The van der Waals surface area contributed by atoms with Crippen LogP contribution in [0.3, 0.4) is 0 Å². The number of pyridine rings is 1. The molecule has 1 atom stereocenters. The standard InChI is InChI=1S/C19H21N5O3S/c1-14(21-18-15-6-2-3-7-16(15)28(26,27)22-18)19(25)24-12-10-23(11-13-24)17-8-4-5-9-20-17/h2-9,14H,10-13H2,1H3,(H,21,22)/t14-/m0/s1. The zero-order valence-corrected chi connectivity index (χ0v) is 16.3. The quantitative estimate of drug-likeness (QED) is 0.826. The Morgan fingerprint density at radius 2 is 1.82 bits per heavy atom. The molecule has 1 fully saturated rings. The van der Waals surface area contributed by atoms with Gasteiger partial charge in [-0.3, -0.25) is 14.5 Å². The SMILES string of the molecule is C[C@H](N=C1NS(=O)(=O)c2ccccc21)C(=O)N1CCN(c2ccccn2)CC1. The number of nitrogens with zero attached hydrogens (tertiary/aromatic N) is 4. The number of nitrogens with one attached hydrogen (secondary N) is 1. The van der Waals surface area contributed by atoms with Gasteiger partial charge in [-0.1, -0.05) is 18.2 Å². The van der Waals surface area contributed by atoms with Crippen LogP contribution in [0, 0.1) is 0 Å². The van der Waals surface area contributed by atoms with Crippen molar-refractivity contribution in [1.29, 1.82) is 0 Å². The van der Waals surface area contributed by atoms with Gasteiger partial charge in [-0.05, 0) is 31.2 Å². The number of amides is 1. The fraction of sp³-hybridized carbons (Fsp3) is 0.316. The molecule has 1 amide bonds. The van der Waals surface area contributed by atoms with E-state index in [2.05, 4.69) is 19.6 Å². The molecule has 0 saturated carbocycles. The van der Waals surface area contributed by atoms with E-state index < -0.39 is 16.1 Å². The van der Waals surface area contributed by atoms with Crippen molar-refractivity contribution in [3.05, 3.63) is 54.2 Å². The third kappa shape index (κ3) is 3.45. The summed E-state index contributed by atoms with van der Waals surface area (Å²) >= 11 is 0. The minimum absolute atomic E-state index is 0.114. The topological polar surface area (TPSA) is 95.0 Å². The molecule has 1 aromatic carbocycles. The first kappa shape index (κ1) is 18.4. The fourth-order valence-corrected chi connectivity index (χ4v) is 4.68. The zero-order valence-electron chi connectivity index (χ0n) is 15.4. The smallest absolute Gasteiger partial charge is 0.263 e. The first-order valence-corrected chi connectivity index (χ1v) is 10.6. The zero-order chi connectivity index (χ0) is 19.7. The largest absolute Gasteiger partial charge is 0.353 e. The molecule has 0 aliphatic carbocycles. The predicted molar refractivity (Wildman–Crippen MR) is 106 cm³/mol. The van der Waals surface area contributed by atoms with E-state index in [4.69, 9.17) is 0 Å². The Morgan fingerprint density at radius 1 is 1.11 bits per heavy atom. The molecule has 2 aliphatic rings. The monoisotopic (exact) mass is 399 g/mol. The van der Waals surface area contributed by atoms with E-state index in [-0.39, 0.29) is 16.6 Å². The number of hydrogen-bond donors (Lipinski definition) is 1. The average molecular weight is 399 g/mol. The van der Waals surface area contributed by atoms with E-state index in [9.17, 15) is 13.2 Å². The minimum atomic E-state index is -3.61. The van der Waals surface area contributed by atoms with Crippen LogP contribution in [-0.4, -0.2) is 62.3 Å². The Balaban J connectivity index is 1.44. The molecule has 0 radical (unpaired) electrons. The van der Waals surface area contributed by atoms with E-state index in [0.29, 0.717) is 31.7 Å². The van der Waals surface area contributed by atoms with Crippen molar-refractivity contribution in [2.45, 2.75) is 17.9 Å². The Morgan fingerprint density at radius 3 is 2.54 bits per heavy atom. The highest BCUT2D eigenvalue weighted by Crippen LogP contribution is 2.23. The summed E-state index contributed by atoms with van der Waals surface area (Å²) in [6, 6.07) is 11.7. The molecule has 1 saturated heterocycles. The van der Waals surface area contributed by atoms with E-state index in [0.717, 1.165) is 5.82 Å². The molecular weight excluding hydrogens is 378 g/mol. The number of rotatable bonds is 3. The first-order chi connectivity index (χ1) is 13.5. The number of aromatic nitrogens is 1. The molecule has 146 valence electrons. The molecular formula is C19H21N5O3S. The van der Waals surface area contributed by atoms with E-state index in [1.54, 1.807) is 36.2 Å². The third-order valence-corrected chi connectivity index (χ3v) is 6.30. The van der Waals surface area contributed by atoms with Crippen LogP contribution < -0.4 is 9.62 Å². The van der Waals surface area contributed by atoms with Crippen LogP contribution in [-0.2, 0) is 14.8 Å². The molecule has 4 rings (SSSR count). The number of piperazine rings is 1. The van der Waals surface area contributed by atoms with E-state index >= 15 is 0 Å². The van der Waals surface area contributed by atoms with Gasteiger partial charge >= 0.3 is 0 Å². The Hall–Kier alpha value is -2.94. The van der Waals surface area contributed by atoms with Crippen molar-refractivity contribution in [2.24, 2.45) is 4.99 Å². The van der Waals surface area contributed by atoms with Gasteiger partial charge in [0.1, 0.15) is 17.7 Å². The van der Waals surface area contributed by atoms with Crippen LogP contribution in [0.1, 0.15) is 12.5 Å². The van der Waals surface area contributed by atoms with Crippen molar-refractivity contribution in [1.82, 2.24) is 14.6 Å². The van der Waals surface area contributed by atoms with Crippen molar-refractivity contribution >= 4 is 27.6 Å². The third-order valence-electron chi connectivity index (χ3n) is 4.91. The van der Waals surface area contributed by atoms with Gasteiger partial charge in [-0.15, -0.1) is 0 Å². The van der Waals surface area contributed by atoms with Crippen LogP contribution in [0.2, 0.25) is 0 Å². The van der Waals surface area contributed by atoms with Gasteiger partial charge in [0, 0.05) is 37.9 Å². The Kier molecular flexibility index (Phi) is 4.76. The summed E-state index contributed by atoms with van der Waals surface area (Å²) < 4.78 is 26.8. The van der Waals surface area contributed by atoms with Gasteiger partial charge in [0.05, 0.1) is 4.90 Å². The lowest BCUT2D eigenvalue weighted by atomic mass is 10.2. The summed E-state index contributed by atoms with van der Waals surface area (Å²) in [5, 5.41) is 0. The number of anilines is 1. The number of carbonyl (C=O) groups is 1. The second-order valence-corrected chi connectivity index (χ2v) is 8.41. The molecule has 9 heteroatoms. The highest BCUT2D eigenvalue weighted by Gasteiger charge is 2.32. The number of amidine groups is 1. The second-order valence-electron chi connectivity index (χ2n) is 6.76. The van der Waals surface area contributed by atoms with Gasteiger partial charge in [-0.25, -0.2) is 13.4 Å². The highest BCUT2D eigenvalue weighted by atomic mass is 32.2. The number of hydrogen-bond acceptors (Lipinski definition) is 6. The molecule has 0 bridgehead atoms. The maximum Gasteiger partial charge on any atom is 0.263 e. The van der Waals surface area contributed by atoms with E-state index in [1.807, 2.05) is 18.2 Å². The summed E-state index contributed by atoms with van der Waals surface area (Å²) in [6.45, 7) is 4.23. The molecule has 2 aromatic rings. The summed E-state index contributed by atoms with van der Waals surface area (Å²) in [4.78, 5) is 25.6. The van der Waals surface area contributed by atoms with Crippen molar-refractivity contribution in [2.75, 3.05) is 31.1 Å². The highest BCUT2D eigenvalue weighted by molar-refractivity contribution is 7.90. The van der Waals surface area contributed by atoms with Crippen molar-refractivity contribution < 1.29 is 13.2 Å². The fourth-order valence-electron chi connectivity index (χ4n) is 3.44. The second kappa shape index (κ2) is 7.23. The maximum absolute atomic E-state index is 12.8. The number of carbonyl (C=O) groups excluding carboxylic acids is 1. The summed E-state index contributed by atoms with van der Waals surface area (Å²) in [6.07, 6.45) is 1.76. The molecule has 3 heterocycles. The number of fused-ring (bicyclic) bond motifs is 1. The number of aliphatic imine (C=N–C) groups is 1. The van der Waals surface area contributed by atoms with E-state index in [1.165, 1.54) is 6.07 Å². The lowest BCUT2D eigenvalue weighted by Crippen LogP contribution is -2.51. The lowest BCUT2D eigenvalue weighted by Gasteiger charge is -2.36. The molecule has 2 aliphatic heterocycles. The van der Waals surface area contributed by atoms with Crippen LogP contribution in [0.5, 0.6) is 0 Å². The predicted octanol–water partition coefficient (Wildman–Crippen LogP) is 0.857. The Bertz CT molecular complexity index is 1010. The normalized spacial score (nSPS) is 20.5. The van der Waals surface area contributed by atoms with Crippen LogP contribution >= 0.6 is 0 Å². The summed E-state index contributed by atoms with van der Waals surface area (Å²) in [5.41, 5.74) is 0.502. The maximum atomic E-state index is 12.8. The molecule has 1 aromatic heterocycles. The van der Waals surface area contributed by atoms with Crippen LogP contribution in [0.4, 0.5) is 5.82 Å². The minimum Gasteiger partial charge on any atom is -0.353 e. The van der Waals surface area contributed by atoms with Gasteiger partial charge in [0.2, 0.25) is 5.91 Å². The van der Waals surface area contributed by atoms with Gasteiger partial charge in [-0.2, -0.15) is 0 Å². The van der Waals surface area contributed by atoms with Crippen molar-refractivity contribution in [3.63, 3.8) is 0 Å². The van der Waals surface area contributed by atoms with Crippen LogP contribution in [0.15, 0.2) is 58.5 Å². The van der Waals surface area contributed by atoms with Gasteiger partial charge in [0.25, 0.3) is 10.0 Å².